The van der Waals surface area contributed by atoms with E-state index in [0.717, 1.165) is 24.0 Å². The molecule has 0 heterocycles. The molecule has 0 aliphatic carbocycles. The third-order valence-electron chi connectivity index (χ3n) is 3.58. The molecule has 3 N–H and O–H groups in total. The number of rotatable bonds is 6. The predicted octanol–water partition coefficient (Wildman–Crippen LogP) is 4.04. The Kier molecular flexibility index (Phi) is 6.29. The summed E-state index contributed by atoms with van der Waals surface area (Å²) in [6, 6.07) is 14.3. The smallest absolute Gasteiger partial charge is 0.315 e. The van der Waals surface area contributed by atoms with Gasteiger partial charge in [0, 0.05) is 11.6 Å². The first-order chi connectivity index (χ1) is 11.0. The van der Waals surface area contributed by atoms with Crippen molar-refractivity contribution in [1.82, 2.24) is 10.6 Å². The highest BCUT2D eigenvalue weighted by molar-refractivity contribution is 6.30. The molecule has 0 radical (unpaired) electrons. The van der Waals surface area contributed by atoms with Crippen LogP contribution < -0.4 is 10.6 Å². The number of aryl methyl sites for hydroxylation is 1. The molecule has 0 fully saturated rings. The van der Waals surface area contributed by atoms with Gasteiger partial charge in [-0.15, -0.1) is 0 Å². The zero-order valence-corrected chi connectivity index (χ0v) is 13.8. The molecular weight excluding hydrogens is 312 g/mol. The zero-order chi connectivity index (χ0) is 16.7. The summed E-state index contributed by atoms with van der Waals surface area (Å²) in [7, 11) is 0. The normalized spacial score (nSPS) is 11.7. The van der Waals surface area contributed by atoms with Crippen LogP contribution in [0.3, 0.4) is 0 Å². The van der Waals surface area contributed by atoms with Crippen molar-refractivity contribution < 1.29 is 9.90 Å². The second-order valence-corrected chi connectivity index (χ2v) is 5.88. The summed E-state index contributed by atoms with van der Waals surface area (Å²) in [5, 5.41) is 15.6. The highest BCUT2D eigenvalue weighted by Crippen LogP contribution is 2.15. The molecule has 1 atom stereocenters. The zero-order valence-electron chi connectivity index (χ0n) is 13.1. The Balaban J connectivity index is 1.68. The van der Waals surface area contributed by atoms with E-state index in [1.807, 2.05) is 43.3 Å². The summed E-state index contributed by atoms with van der Waals surface area (Å²) in [6.45, 7) is 2.53. The first-order valence-electron chi connectivity index (χ1n) is 7.62. The quantitative estimate of drug-likeness (QED) is 0.699. The largest absolute Gasteiger partial charge is 0.508 e. The van der Waals surface area contributed by atoms with Crippen LogP contribution in [0.25, 0.3) is 0 Å². The average Bonchev–Trinajstić information content (AvgIpc) is 2.54. The van der Waals surface area contributed by atoms with Gasteiger partial charge < -0.3 is 15.7 Å². The first-order valence-corrected chi connectivity index (χ1v) is 8.00. The molecule has 0 saturated heterocycles. The Morgan fingerprint density at radius 2 is 1.78 bits per heavy atom. The molecule has 0 aliphatic heterocycles. The standard InChI is InChI=1S/C18H21ClN2O2/c1-13(15-6-8-16(19)9-7-15)21-18(23)20-12-2-3-14-4-10-17(22)11-5-14/h4-11,13,22H,2-3,12H2,1H3,(H2,20,21,23). The number of carbonyl (C=O) groups is 1. The van der Waals surface area contributed by atoms with E-state index in [9.17, 15) is 9.90 Å². The maximum absolute atomic E-state index is 11.9. The topological polar surface area (TPSA) is 61.4 Å². The Hall–Kier alpha value is -2.20. The van der Waals surface area contributed by atoms with Gasteiger partial charge in [0.25, 0.3) is 0 Å². The van der Waals surface area contributed by atoms with Crippen LogP contribution in [0, 0.1) is 0 Å². The third-order valence-corrected chi connectivity index (χ3v) is 3.83. The van der Waals surface area contributed by atoms with Crippen molar-refractivity contribution in [2.45, 2.75) is 25.8 Å². The second kappa shape index (κ2) is 8.44. The van der Waals surface area contributed by atoms with E-state index in [0.29, 0.717) is 11.6 Å². The maximum Gasteiger partial charge on any atom is 0.315 e. The van der Waals surface area contributed by atoms with E-state index in [1.54, 1.807) is 12.1 Å². The van der Waals surface area contributed by atoms with Crippen molar-refractivity contribution in [3.63, 3.8) is 0 Å². The lowest BCUT2D eigenvalue weighted by molar-refractivity contribution is 0.238. The number of halogens is 1. The highest BCUT2D eigenvalue weighted by atomic mass is 35.5. The van der Waals surface area contributed by atoms with Gasteiger partial charge in [-0.05, 0) is 55.2 Å². The fourth-order valence-electron chi connectivity index (χ4n) is 2.24. The van der Waals surface area contributed by atoms with Crippen LogP contribution in [0.1, 0.15) is 30.5 Å². The molecule has 4 nitrogen and oxygen atoms in total. The number of aromatic hydroxyl groups is 1. The molecule has 0 bridgehead atoms. The summed E-state index contributed by atoms with van der Waals surface area (Å²) in [5.74, 6) is 0.266. The lowest BCUT2D eigenvalue weighted by atomic mass is 10.1. The lowest BCUT2D eigenvalue weighted by Crippen LogP contribution is -2.37. The van der Waals surface area contributed by atoms with Crippen LogP contribution in [0.5, 0.6) is 5.75 Å². The van der Waals surface area contributed by atoms with Crippen LogP contribution in [-0.4, -0.2) is 17.7 Å². The fraction of sp³-hybridized carbons (Fsp3) is 0.278. The van der Waals surface area contributed by atoms with E-state index in [-0.39, 0.29) is 17.8 Å². The Labute approximate surface area is 141 Å². The second-order valence-electron chi connectivity index (χ2n) is 5.44. The molecule has 2 rings (SSSR count). The van der Waals surface area contributed by atoms with Crippen molar-refractivity contribution in [3.8, 4) is 5.75 Å². The summed E-state index contributed by atoms with van der Waals surface area (Å²) in [5.41, 5.74) is 2.15. The van der Waals surface area contributed by atoms with Crippen molar-refractivity contribution >= 4 is 17.6 Å². The highest BCUT2D eigenvalue weighted by Gasteiger charge is 2.08. The van der Waals surface area contributed by atoms with E-state index in [1.165, 1.54) is 0 Å². The average molecular weight is 333 g/mol. The van der Waals surface area contributed by atoms with E-state index in [4.69, 9.17) is 11.6 Å². The molecule has 5 heteroatoms. The Morgan fingerprint density at radius 3 is 2.43 bits per heavy atom. The summed E-state index contributed by atoms with van der Waals surface area (Å²) in [4.78, 5) is 11.9. The number of phenolic OH excluding ortho intramolecular Hbond substituents is 1. The summed E-state index contributed by atoms with van der Waals surface area (Å²) in [6.07, 6.45) is 1.70. The molecule has 2 amide bonds. The van der Waals surface area contributed by atoms with E-state index < -0.39 is 0 Å². The molecule has 122 valence electrons. The van der Waals surface area contributed by atoms with Gasteiger partial charge in [-0.1, -0.05) is 35.9 Å². The number of amides is 2. The monoisotopic (exact) mass is 332 g/mol. The fourth-order valence-corrected chi connectivity index (χ4v) is 2.37. The minimum Gasteiger partial charge on any atom is -0.508 e. The molecule has 23 heavy (non-hydrogen) atoms. The van der Waals surface area contributed by atoms with Crippen LogP contribution >= 0.6 is 11.6 Å². The van der Waals surface area contributed by atoms with Crippen LogP contribution in [0.4, 0.5) is 4.79 Å². The van der Waals surface area contributed by atoms with Crippen LogP contribution in [0.15, 0.2) is 48.5 Å². The molecule has 0 aliphatic rings. The van der Waals surface area contributed by atoms with Crippen molar-refractivity contribution in [2.75, 3.05) is 6.54 Å². The molecule has 1 unspecified atom stereocenters. The molecule has 0 saturated carbocycles. The van der Waals surface area contributed by atoms with Gasteiger partial charge >= 0.3 is 6.03 Å². The third kappa shape index (κ3) is 5.83. The SMILES string of the molecule is CC(NC(=O)NCCCc1ccc(O)cc1)c1ccc(Cl)cc1. The number of carbonyl (C=O) groups excluding carboxylic acids is 1. The minimum atomic E-state index is -0.182. The van der Waals surface area contributed by atoms with Gasteiger partial charge in [-0.2, -0.15) is 0 Å². The Morgan fingerprint density at radius 1 is 1.13 bits per heavy atom. The van der Waals surface area contributed by atoms with Gasteiger partial charge in [-0.25, -0.2) is 4.79 Å². The van der Waals surface area contributed by atoms with Crippen molar-refractivity contribution in [2.24, 2.45) is 0 Å². The van der Waals surface area contributed by atoms with E-state index >= 15 is 0 Å². The van der Waals surface area contributed by atoms with Crippen molar-refractivity contribution in [3.05, 3.63) is 64.7 Å². The molecule has 0 spiro atoms. The number of phenols is 1. The molecule has 2 aromatic carbocycles. The van der Waals surface area contributed by atoms with Gasteiger partial charge in [0.05, 0.1) is 6.04 Å². The maximum atomic E-state index is 11.9. The number of hydrogen-bond donors (Lipinski definition) is 3. The van der Waals surface area contributed by atoms with Gasteiger partial charge in [0.15, 0.2) is 0 Å². The summed E-state index contributed by atoms with van der Waals surface area (Å²) < 4.78 is 0. The van der Waals surface area contributed by atoms with E-state index in [2.05, 4.69) is 10.6 Å². The lowest BCUT2D eigenvalue weighted by Gasteiger charge is -2.15. The van der Waals surface area contributed by atoms with Gasteiger partial charge in [0.1, 0.15) is 5.75 Å². The summed E-state index contributed by atoms with van der Waals surface area (Å²) >= 11 is 5.85. The number of nitrogens with one attached hydrogen (secondary N) is 2. The minimum absolute atomic E-state index is 0.0793. The van der Waals surface area contributed by atoms with Crippen LogP contribution in [-0.2, 0) is 6.42 Å². The molecule has 2 aromatic rings. The number of benzene rings is 2. The number of urea groups is 1. The predicted molar refractivity (Wildman–Crippen MR) is 92.8 cm³/mol. The van der Waals surface area contributed by atoms with Gasteiger partial charge in [-0.3, -0.25) is 0 Å². The molecular formula is C18H21ClN2O2. The first kappa shape index (κ1) is 17.2. The van der Waals surface area contributed by atoms with Gasteiger partial charge in [0.2, 0.25) is 0 Å². The Bertz CT molecular complexity index is 626. The molecule has 0 aromatic heterocycles. The van der Waals surface area contributed by atoms with Crippen molar-refractivity contribution in [1.29, 1.82) is 0 Å². The van der Waals surface area contributed by atoms with Crippen LogP contribution in [0.2, 0.25) is 5.02 Å². The number of hydrogen-bond acceptors (Lipinski definition) is 2.